The Morgan fingerprint density at radius 3 is 2.62 bits per heavy atom. The predicted octanol–water partition coefficient (Wildman–Crippen LogP) is 1.43. The summed E-state index contributed by atoms with van der Waals surface area (Å²) in [5, 5.41) is 41.2. The molecule has 2 aromatic heterocycles. The first-order valence-corrected chi connectivity index (χ1v) is 11.9. The van der Waals surface area contributed by atoms with Crippen LogP contribution >= 0.6 is 11.3 Å². The molecule has 4 atom stereocenters. The van der Waals surface area contributed by atoms with Crippen LogP contribution in [0.2, 0.25) is 0 Å². The Bertz CT molecular complexity index is 1040. The molecule has 9 nitrogen and oxygen atoms in total. The second-order valence-electron chi connectivity index (χ2n) is 8.52. The van der Waals surface area contributed by atoms with E-state index in [9.17, 15) is 15.3 Å². The zero-order valence-electron chi connectivity index (χ0n) is 17.6. The molecule has 1 saturated heterocycles. The van der Waals surface area contributed by atoms with Gasteiger partial charge in [0.2, 0.25) is 5.95 Å². The van der Waals surface area contributed by atoms with Gasteiger partial charge < -0.3 is 31.3 Å². The van der Waals surface area contributed by atoms with Crippen molar-refractivity contribution in [3.63, 3.8) is 0 Å². The molecule has 2 aliphatic rings. The van der Waals surface area contributed by atoms with Gasteiger partial charge in [0.15, 0.2) is 0 Å². The SMILES string of the molecule is OCC1CC(Nc2nc(NC3CCNCC3)ncc2-c2nc3ccccc3s2)C(O)C1O. The minimum Gasteiger partial charge on any atom is -0.396 e. The molecule has 0 amide bonds. The number of anilines is 2. The first-order chi connectivity index (χ1) is 15.6. The highest BCUT2D eigenvalue weighted by molar-refractivity contribution is 7.21. The monoisotopic (exact) mass is 456 g/mol. The largest absolute Gasteiger partial charge is 0.396 e. The van der Waals surface area contributed by atoms with Crippen LogP contribution < -0.4 is 16.0 Å². The first kappa shape index (κ1) is 21.5. The zero-order valence-corrected chi connectivity index (χ0v) is 18.4. The van der Waals surface area contributed by atoms with Gasteiger partial charge in [-0.05, 0) is 44.5 Å². The van der Waals surface area contributed by atoms with E-state index in [4.69, 9.17) is 9.97 Å². The molecule has 0 radical (unpaired) electrons. The third-order valence-electron chi connectivity index (χ3n) is 6.34. The molecule has 170 valence electrons. The molecule has 1 aliphatic carbocycles. The Hall–Kier alpha value is -2.37. The maximum Gasteiger partial charge on any atom is 0.224 e. The van der Waals surface area contributed by atoms with Crippen molar-refractivity contribution in [1.82, 2.24) is 20.3 Å². The van der Waals surface area contributed by atoms with Gasteiger partial charge in [0.05, 0.1) is 27.9 Å². The molecule has 1 aromatic carbocycles. The van der Waals surface area contributed by atoms with Crippen molar-refractivity contribution in [1.29, 1.82) is 0 Å². The van der Waals surface area contributed by atoms with Crippen molar-refractivity contribution in [3.05, 3.63) is 30.5 Å². The summed E-state index contributed by atoms with van der Waals surface area (Å²) in [6, 6.07) is 7.81. The Morgan fingerprint density at radius 1 is 1.06 bits per heavy atom. The van der Waals surface area contributed by atoms with Crippen molar-refractivity contribution >= 4 is 33.3 Å². The van der Waals surface area contributed by atoms with Crippen LogP contribution in [0.15, 0.2) is 30.5 Å². The molecule has 4 unspecified atom stereocenters. The molecule has 1 aliphatic heterocycles. The Kier molecular flexibility index (Phi) is 6.20. The smallest absolute Gasteiger partial charge is 0.224 e. The maximum atomic E-state index is 10.5. The van der Waals surface area contributed by atoms with Crippen LogP contribution in [0, 0.1) is 5.92 Å². The van der Waals surface area contributed by atoms with Crippen LogP contribution in [0.5, 0.6) is 0 Å². The molecular weight excluding hydrogens is 428 g/mol. The first-order valence-electron chi connectivity index (χ1n) is 11.1. The van der Waals surface area contributed by atoms with Crippen LogP contribution in [-0.4, -0.2) is 74.3 Å². The molecule has 32 heavy (non-hydrogen) atoms. The number of aromatic nitrogens is 3. The molecule has 5 rings (SSSR count). The van der Waals surface area contributed by atoms with E-state index in [0.717, 1.165) is 46.7 Å². The number of aliphatic hydroxyl groups excluding tert-OH is 3. The average molecular weight is 457 g/mol. The highest BCUT2D eigenvalue weighted by Crippen LogP contribution is 2.36. The summed E-state index contributed by atoms with van der Waals surface area (Å²) in [5.41, 5.74) is 1.66. The number of aliphatic hydroxyl groups is 3. The second kappa shape index (κ2) is 9.24. The van der Waals surface area contributed by atoms with Gasteiger partial charge in [-0.1, -0.05) is 12.1 Å². The topological polar surface area (TPSA) is 135 Å². The van der Waals surface area contributed by atoms with Crippen LogP contribution in [0.25, 0.3) is 20.8 Å². The number of thiazole rings is 1. The fourth-order valence-electron chi connectivity index (χ4n) is 4.48. The molecule has 0 spiro atoms. The summed E-state index contributed by atoms with van der Waals surface area (Å²) < 4.78 is 1.07. The maximum absolute atomic E-state index is 10.5. The van der Waals surface area contributed by atoms with Gasteiger partial charge in [-0.25, -0.2) is 9.97 Å². The lowest BCUT2D eigenvalue weighted by atomic mass is 10.1. The molecule has 0 bridgehead atoms. The summed E-state index contributed by atoms with van der Waals surface area (Å²) >= 11 is 1.56. The van der Waals surface area contributed by atoms with Gasteiger partial charge in [-0.2, -0.15) is 4.98 Å². The summed E-state index contributed by atoms with van der Waals surface area (Å²) in [5.74, 6) is 0.712. The number of piperidine rings is 1. The Morgan fingerprint density at radius 2 is 1.88 bits per heavy atom. The van der Waals surface area contributed by atoms with E-state index in [0.29, 0.717) is 24.2 Å². The third-order valence-corrected chi connectivity index (χ3v) is 7.41. The van der Waals surface area contributed by atoms with E-state index in [1.54, 1.807) is 17.5 Å². The van der Waals surface area contributed by atoms with Crippen LogP contribution in [0.3, 0.4) is 0 Å². The average Bonchev–Trinajstić information content (AvgIpc) is 3.36. The summed E-state index contributed by atoms with van der Waals surface area (Å²) in [6.07, 6.45) is 2.23. The van der Waals surface area contributed by atoms with Gasteiger partial charge in [0.25, 0.3) is 0 Å². The van der Waals surface area contributed by atoms with Crippen LogP contribution in [0.1, 0.15) is 19.3 Å². The van der Waals surface area contributed by atoms with Crippen molar-refractivity contribution in [2.45, 2.75) is 43.6 Å². The van der Waals surface area contributed by atoms with Crippen molar-refractivity contribution in [3.8, 4) is 10.6 Å². The van der Waals surface area contributed by atoms with E-state index in [2.05, 4.69) is 20.9 Å². The van der Waals surface area contributed by atoms with Crippen LogP contribution in [0.4, 0.5) is 11.8 Å². The number of hydrogen-bond donors (Lipinski definition) is 6. The van der Waals surface area contributed by atoms with Crippen LogP contribution in [-0.2, 0) is 0 Å². The van der Waals surface area contributed by atoms with Gasteiger partial charge in [-0.15, -0.1) is 11.3 Å². The van der Waals surface area contributed by atoms with Gasteiger partial charge in [0, 0.05) is 24.8 Å². The number of nitrogens with zero attached hydrogens (tertiary/aromatic N) is 3. The van der Waals surface area contributed by atoms with E-state index in [1.807, 2.05) is 24.3 Å². The third kappa shape index (κ3) is 4.28. The Labute approximate surface area is 190 Å². The van der Waals surface area contributed by atoms with Crippen molar-refractivity contribution in [2.75, 3.05) is 30.3 Å². The molecule has 3 aromatic rings. The zero-order chi connectivity index (χ0) is 22.1. The molecule has 6 N–H and O–H groups in total. The molecular formula is C22H28N6O3S. The number of rotatable bonds is 6. The van der Waals surface area contributed by atoms with Gasteiger partial charge >= 0.3 is 0 Å². The number of nitrogens with one attached hydrogen (secondary N) is 3. The number of fused-ring (bicyclic) bond motifs is 1. The molecule has 2 fully saturated rings. The summed E-state index contributed by atoms with van der Waals surface area (Å²) in [7, 11) is 0. The highest BCUT2D eigenvalue weighted by atomic mass is 32.1. The standard InChI is InChI=1S/C22H28N6O3S/c29-11-12-9-16(19(31)18(12)30)26-20-14(21-27-15-3-1-2-4-17(15)32-21)10-24-22(28-20)25-13-5-7-23-8-6-13/h1-4,10,12-13,16,18-19,23,29-31H,5-9,11H2,(H2,24,25,26,28). The Balaban J connectivity index is 1.47. The number of hydrogen-bond acceptors (Lipinski definition) is 10. The molecule has 10 heteroatoms. The van der Waals surface area contributed by atoms with Crippen molar-refractivity contribution < 1.29 is 15.3 Å². The fourth-order valence-corrected chi connectivity index (χ4v) is 5.45. The minimum absolute atomic E-state index is 0.173. The van der Waals surface area contributed by atoms with E-state index in [1.165, 1.54) is 0 Å². The highest BCUT2D eigenvalue weighted by Gasteiger charge is 2.41. The lowest BCUT2D eigenvalue weighted by Crippen LogP contribution is -2.36. The number of benzene rings is 1. The van der Waals surface area contributed by atoms with Gasteiger partial charge in [-0.3, -0.25) is 0 Å². The van der Waals surface area contributed by atoms with E-state index in [-0.39, 0.29) is 12.5 Å². The quantitative estimate of drug-likeness (QED) is 0.326. The lowest BCUT2D eigenvalue weighted by molar-refractivity contribution is 0.00446. The number of para-hydroxylation sites is 1. The summed E-state index contributed by atoms with van der Waals surface area (Å²) in [6.45, 7) is 1.75. The normalized spacial score (nSPS) is 26.5. The predicted molar refractivity (Wildman–Crippen MR) is 125 cm³/mol. The lowest BCUT2D eigenvalue weighted by Gasteiger charge is -2.24. The van der Waals surface area contributed by atoms with Gasteiger partial charge in [0.1, 0.15) is 16.9 Å². The van der Waals surface area contributed by atoms with E-state index < -0.39 is 18.2 Å². The van der Waals surface area contributed by atoms with Crippen molar-refractivity contribution in [2.24, 2.45) is 5.92 Å². The summed E-state index contributed by atoms with van der Waals surface area (Å²) in [4.78, 5) is 14.0. The second-order valence-corrected chi connectivity index (χ2v) is 9.55. The minimum atomic E-state index is -0.994. The molecule has 3 heterocycles. The molecule has 1 saturated carbocycles. The fraction of sp³-hybridized carbons (Fsp3) is 0.500. The van der Waals surface area contributed by atoms with E-state index >= 15 is 0 Å².